The molecule has 0 aliphatic rings. The van der Waals surface area contributed by atoms with Gasteiger partial charge in [-0.1, -0.05) is 30.3 Å². The maximum atomic E-state index is 12.8. The lowest BCUT2D eigenvalue weighted by atomic mass is 9.99. The summed E-state index contributed by atoms with van der Waals surface area (Å²) in [4.78, 5) is 12.8. The van der Waals surface area contributed by atoms with E-state index in [-0.39, 0.29) is 5.91 Å². The molecule has 6 nitrogen and oxygen atoms in total. The summed E-state index contributed by atoms with van der Waals surface area (Å²) < 4.78 is 22.7. The summed E-state index contributed by atoms with van der Waals surface area (Å²) in [6, 6.07) is 19.5. The van der Waals surface area contributed by atoms with Gasteiger partial charge < -0.3 is 23.9 Å². The first kappa shape index (κ1) is 24.9. The minimum atomic E-state index is -0.195. The predicted octanol–water partition coefficient (Wildman–Crippen LogP) is 6.63. The number of ether oxygens (including phenoxy) is 3. The summed E-state index contributed by atoms with van der Waals surface area (Å²) in [6.07, 6.45) is 3.34. The lowest BCUT2D eigenvalue weighted by Gasteiger charge is -2.12. The van der Waals surface area contributed by atoms with E-state index in [1.165, 1.54) is 0 Å². The number of furan rings is 1. The van der Waals surface area contributed by atoms with Crippen molar-refractivity contribution in [2.24, 2.45) is 0 Å². The zero-order valence-corrected chi connectivity index (χ0v) is 21.1. The Hall–Kier alpha value is -4.19. The number of fused-ring (bicyclic) bond motifs is 1. The van der Waals surface area contributed by atoms with Crippen LogP contribution in [0.5, 0.6) is 17.2 Å². The summed E-state index contributed by atoms with van der Waals surface area (Å²) in [5.74, 6) is 2.04. The van der Waals surface area contributed by atoms with Crippen molar-refractivity contribution in [1.29, 1.82) is 0 Å². The summed E-state index contributed by atoms with van der Waals surface area (Å²) in [5, 5.41) is 3.89. The number of para-hydroxylation sites is 1. The van der Waals surface area contributed by atoms with E-state index in [2.05, 4.69) is 5.32 Å². The molecule has 0 unspecified atom stereocenters. The van der Waals surface area contributed by atoms with Crippen molar-refractivity contribution >= 4 is 22.4 Å². The van der Waals surface area contributed by atoms with Crippen LogP contribution in [0.3, 0.4) is 0 Å². The number of carbonyl (C=O) groups excluding carboxylic acids is 1. The molecule has 0 atom stereocenters. The second-order valence-corrected chi connectivity index (χ2v) is 8.24. The molecule has 1 heterocycles. The summed E-state index contributed by atoms with van der Waals surface area (Å²) in [5.41, 5.74) is 5.24. The van der Waals surface area contributed by atoms with Crippen LogP contribution >= 0.6 is 0 Å². The smallest absolute Gasteiger partial charge is 0.244 e. The van der Waals surface area contributed by atoms with Crippen molar-refractivity contribution in [2.45, 2.75) is 27.3 Å². The highest BCUT2D eigenvalue weighted by atomic mass is 16.5. The Bertz CT molecular complexity index is 1370. The molecule has 6 heteroatoms. The van der Waals surface area contributed by atoms with Crippen LogP contribution in [0.15, 0.2) is 77.4 Å². The van der Waals surface area contributed by atoms with Gasteiger partial charge in [0.2, 0.25) is 5.91 Å². The van der Waals surface area contributed by atoms with Crippen LogP contribution < -0.4 is 19.5 Å². The minimum Gasteiger partial charge on any atom is -0.496 e. The molecule has 0 saturated carbocycles. The van der Waals surface area contributed by atoms with Crippen LogP contribution in [-0.4, -0.2) is 26.2 Å². The Labute approximate surface area is 211 Å². The van der Waals surface area contributed by atoms with Gasteiger partial charge in [-0.05, 0) is 56.2 Å². The third kappa shape index (κ3) is 5.54. The molecule has 4 aromatic rings. The largest absolute Gasteiger partial charge is 0.496 e. The van der Waals surface area contributed by atoms with Crippen LogP contribution in [0, 0.1) is 0 Å². The second kappa shape index (κ2) is 11.5. The normalized spacial score (nSPS) is 11.4. The molecule has 0 aliphatic carbocycles. The maximum Gasteiger partial charge on any atom is 0.244 e. The third-order valence-corrected chi connectivity index (χ3v) is 5.87. The van der Waals surface area contributed by atoms with Crippen molar-refractivity contribution in [3.63, 3.8) is 0 Å². The molecule has 0 fully saturated rings. The van der Waals surface area contributed by atoms with E-state index in [1.54, 1.807) is 19.4 Å². The summed E-state index contributed by atoms with van der Waals surface area (Å²) in [7, 11) is 1.62. The molecule has 1 N–H and O–H groups in total. The van der Waals surface area contributed by atoms with Crippen LogP contribution in [0.1, 0.15) is 31.9 Å². The fourth-order valence-electron chi connectivity index (χ4n) is 4.12. The number of hydrogen-bond acceptors (Lipinski definition) is 5. The first-order chi connectivity index (χ1) is 17.5. The van der Waals surface area contributed by atoms with Crippen LogP contribution in [0.2, 0.25) is 0 Å². The van der Waals surface area contributed by atoms with Crippen molar-refractivity contribution in [2.75, 3.05) is 20.3 Å². The molecule has 0 aliphatic heterocycles. The van der Waals surface area contributed by atoms with Gasteiger partial charge in [-0.15, -0.1) is 0 Å². The predicted molar refractivity (Wildman–Crippen MR) is 142 cm³/mol. The second-order valence-electron chi connectivity index (χ2n) is 8.24. The average Bonchev–Trinajstić information content (AvgIpc) is 3.31. The van der Waals surface area contributed by atoms with Crippen LogP contribution in [0.25, 0.3) is 27.7 Å². The Morgan fingerprint density at radius 3 is 2.44 bits per heavy atom. The van der Waals surface area contributed by atoms with Crippen molar-refractivity contribution in [1.82, 2.24) is 5.32 Å². The van der Waals surface area contributed by atoms with Gasteiger partial charge in [0.1, 0.15) is 22.8 Å². The van der Waals surface area contributed by atoms with Gasteiger partial charge in [-0.2, -0.15) is 0 Å². The molecular weight excluding hydrogens is 454 g/mol. The molecule has 1 aromatic heterocycles. The monoisotopic (exact) mass is 485 g/mol. The molecule has 0 radical (unpaired) electrons. The van der Waals surface area contributed by atoms with E-state index in [0.717, 1.165) is 50.3 Å². The molecule has 0 spiro atoms. The van der Waals surface area contributed by atoms with Gasteiger partial charge in [-0.25, -0.2) is 0 Å². The SMILES string of the molecule is CCOc1ccc(-c2coc3cc(OCC)c(/C(C)=C/C(=O)NCc4ccccc4OC)cc23)cc1. The van der Waals surface area contributed by atoms with Gasteiger partial charge in [0.15, 0.2) is 0 Å². The lowest BCUT2D eigenvalue weighted by molar-refractivity contribution is -0.116. The van der Waals surface area contributed by atoms with Gasteiger partial charge in [0, 0.05) is 40.8 Å². The Morgan fingerprint density at radius 2 is 1.72 bits per heavy atom. The van der Waals surface area contributed by atoms with E-state index >= 15 is 0 Å². The molecule has 36 heavy (non-hydrogen) atoms. The number of rotatable bonds is 10. The first-order valence-corrected chi connectivity index (χ1v) is 12.0. The van der Waals surface area contributed by atoms with E-state index in [0.29, 0.717) is 25.5 Å². The number of benzene rings is 3. The molecule has 0 saturated heterocycles. The number of carbonyl (C=O) groups is 1. The maximum absolute atomic E-state index is 12.8. The number of amides is 1. The van der Waals surface area contributed by atoms with E-state index in [1.807, 2.05) is 81.4 Å². The fourth-order valence-corrected chi connectivity index (χ4v) is 4.12. The van der Waals surface area contributed by atoms with Crippen LogP contribution in [-0.2, 0) is 11.3 Å². The van der Waals surface area contributed by atoms with Crippen LogP contribution in [0.4, 0.5) is 0 Å². The molecular formula is C30H31NO5. The molecule has 4 rings (SSSR count). The highest BCUT2D eigenvalue weighted by Gasteiger charge is 2.15. The van der Waals surface area contributed by atoms with Crippen molar-refractivity contribution in [3.8, 4) is 28.4 Å². The highest BCUT2D eigenvalue weighted by molar-refractivity contribution is 6.00. The zero-order chi connectivity index (χ0) is 25.5. The standard InChI is InChI=1S/C30H31NO5/c1-5-34-23-13-11-21(12-14-23)26-19-36-29-17-28(35-6-2)24(16-25(26)29)20(3)15-30(32)31-18-22-9-7-8-10-27(22)33-4/h7-17,19H,5-6,18H2,1-4H3,(H,31,32)/b20-15+. The van der Waals surface area contributed by atoms with E-state index in [9.17, 15) is 4.79 Å². The summed E-state index contributed by atoms with van der Waals surface area (Å²) in [6.45, 7) is 7.29. The zero-order valence-electron chi connectivity index (χ0n) is 21.1. The van der Waals surface area contributed by atoms with Gasteiger partial charge in [0.25, 0.3) is 0 Å². The minimum absolute atomic E-state index is 0.195. The fraction of sp³-hybridized carbons (Fsp3) is 0.233. The average molecular weight is 486 g/mol. The van der Waals surface area contributed by atoms with Crippen molar-refractivity contribution < 1.29 is 23.4 Å². The topological polar surface area (TPSA) is 69.9 Å². The number of allylic oxidation sites excluding steroid dienone is 1. The molecule has 0 bridgehead atoms. The summed E-state index contributed by atoms with van der Waals surface area (Å²) >= 11 is 0. The Kier molecular flexibility index (Phi) is 7.95. The lowest BCUT2D eigenvalue weighted by Crippen LogP contribution is -2.21. The third-order valence-electron chi connectivity index (χ3n) is 5.87. The van der Waals surface area contributed by atoms with Gasteiger partial charge >= 0.3 is 0 Å². The van der Waals surface area contributed by atoms with Gasteiger partial charge in [0.05, 0.1) is 26.6 Å². The molecule has 3 aromatic carbocycles. The Balaban J connectivity index is 1.63. The van der Waals surface area contributed by atoms with E-state index < -0.39 is 0 Å². The van der Waals surface area contributed by atoms with E-state index in [4.69, 9.17) is 18.6 Å². The number of methoxy groups -OCH3 is 1. The van der Waals surface area contributed by atoms with Gasteiger partial charge in [-0.3, -0.25) is 4.79 Å². The van der Waals surface area contributed by atoms with Crippen molar-refractivity contribution in [3.05, 3.63) is 84.1 Å². The number of hydrogen-bond donors (Lipinski definition) is 1. The Morgan fingerprint density at radius 1 is 0.972 bits per heavy atom. The highest BCUT2D eigenvalue weighted by Crippen LogP contribution is 2.38. The molecule has 1 amide bonds. The number of nitrogens with one attached hydrogen (secondary N) is 1. The molecule has 186 valence electrons. The first-order valence-electron chi connectivity index (χ1n) is 12.0. The quantitative estimate of drug-likeness (QED) is 0.256.